The number of carbonyl (C=O) groups is 1. The number of carbonyl (C=O) groups excluding carboxylic acids is 1. The Balaban J connectivity index is 0.00000128. The molecule has 1 aliphatic heterocycles. The Morgan fingerprint density at radius 2 is 2.19 bits per heavy atom. The second-order valence-corrected chi connectivity index (χ2v) is 4.79. The predicted molar refractivity (Wildman–Crippen MR) is 64.5 cm³/mol. The van der Waals surface area contributed by atoms with Crippen molar-refractivity contribution in [2.45, 2.75) is 25.3 Å². The lowest BCUT2D eigenvalue weighted by Gasteiger charge is -2.29. The van der Waals surface area contributed by atoms with Crippen LogP contribution in [0.3, 0.4) is 0 Å². The number of fused-ring (bicyclic) bond motifs is 1. The summed E-state index contributed by atoms with van der Waals surface area (Å²) < 4.78 is 4.68. The lowest BCUT2D eigenvalue weighted by molar-refractivity contribution is -0.141. The van der Waals surface area contributed by atoms with Crippen molar-refractivity contribution in [3.63, 3.8) is 0 Å². The zero-order chi connectivity index (χ0) is 10.8. The topological polar surface area (TPSA) is 55.6 Å². The van der Waals surface area contributed by atoms with Crippen molar-refractivity contribution in [1.29, 1.82) is 0 Å². The first kappa shape index (κ1) is 13.7. The van der Waals surface area contributed by atoms with E-state index in [1.807, 2.05) is 0 Å². The minimum Gasteiger partial charge on any atom is -0.468 e. The Morgan fingerprint density at radius 3 is 2.81 bits per heavy atom. The van der Waals surface area contributed by atoms with Crippen molar-refractivity contribution in [2.75, 3.05) is 26.7 Å². The molecule has 1 saturated carbocycles. The summed E-state index contributed by atoms with van der Waals surface area (Å²) in [7, 11) is 1.44. The van der Waals surface area contributed by atoms with E-state index in [4.69, 9.17) is 5.73 Å². The molecule has 3 unspecified atom stereocenters. The predicted octanol–water partition coefficient (Wildman–Crippen LogP) is 0.640. The third-order valence-corrected chi connectivity index (χ3v) is 3.81. The number of hydrogen-bond acceptors (Lipinski definition) is 4. The van der Waals surface area contributed by atoms with Gasteiger partial charge in [0.2, 0.25) is 0 Å². The summed E-state index contributed by atoms with van der Waals surface area (Å²) in [4.78, 5) is 13.3. The highest BCUT2D eigenvalue weighted by atomic mass is 35.5. The SMILES string of the molecule is COC(=O)CN1CC2CCCC(N)C2C1.Cl. The number of nitrogens with zero attached hydrogens (tertiary/aromatic N) is 1. The third kappa shape index (κ3) is 2.87. The van der Waals surface area contributed by atoms with Crippen molar-refractivity contribution in [2.24, 2.45) is 17.6 Å². The van der Waals surface area contributed by atoms with Gasteiger partial charge < -0.3 is 10.5 Å². The summed E-state index contributed by atoms with van der Waals surface area (Å²) in [5, 5.41) is 0. The quantitative estimate of drug-likeness (QED) is 0.729. The Morgan fingerprint density at radius 1 is 1.44 bits per heavy atom. The molecule has 1 heterocycles. The fraction of sp³-hybridized carbons (Fsp3) is 0.909. The van der Waals surface area contributed by atoms with E-state index in [0.717, 1.165) is 19.5 Å². The van der Waals surface area contributed by atoms with Gasteiger partial charge in [0.1, 0.15) is 0 Å². The molecule has 94 valence electrons. The first-order valence-electron chi connectivity index (χ1n) is 5.75. The fourth-order valence-electron chi connectivity index (χ4n) is 2.99. The molecule has 0 spiro atoms. The van der Waals surface area contributed by atoms with Gasteiger partial charge in [-0.15, -0.1) is 12.4 Å². The molecule has 0 aromatic rings. The highest BCUT2D eigenvalue weighted by Crippen LogP contribution is 2.35. The molecule has 5 heteroatoms. The number of hydrogen-bond donors (Lipinski definition) is 1. The maximum Gasteiger partial charge on any atom is 0.319 e. The van der Waals surface area contributed by atoms with E-state index in [1.165, 1.54) is 20.0 Å². The number of methoxy groups -OCH3 is 1. The molecule has 4 nitrogen and oxygen atoms in total. The van der Waals surface area contributed by atoms with E-state index in [9.17, 15) is 4.79 Å². The van der Waals surface area contributed by atoms with Crippen molar-refractivity contribution < 1.29 is 9.53 Å². The van der Waals surface area contributed by atoms with Crippen LogP contribution in [0.5, 0.6) is 0 Å². The van der Waals surface area contributed by atoms with Crippen LogP contribution in [0.15, 0.2) is 0 Å². The zero-order valence-electron chi connectivity index (χ0n) is 9.72. The first-order chi connectivity index (χ1) is 7.20. The Hall–Kier alpha value is -0.320. The summed E-state index contributed by atoms with van der Waals surface area (Å²) in [5.74, 6) is 1.17. The van der Waals surface area contributed by atoms with Crippen LogP contribution in [0.2, 0.25) is 0 Å². The maximum absolute atomic E-state index is 11.2. The first-order valence-corrected chi connectivity index (χ1v) is 5.75. The monoisotopic (exact) mass is 248 g/mol. The smallest absolute Gasteiger partial charge is 0.319 e. The molecule has 0 aromatic carbocycles. The van der Waals surface area contributed by atoms with Crippen LogP contribution in [0.1, 0.15) is 19.3 Å². The summed E-state index contributed by atoms with van der Waals surface area (Å²) >= 11 is 0. The minimum atomic E-state index is -0.137. The zero-order valence-corrected chi connectivity index (χ0v) is 10.5. The number of likely N-dealkylation sites (tertiary alicyclic amines) is 1. The van der Waals surface area contributed by atoms with Crippen molar-refractivity contribution in [3.05, 3.63) is 0 Å². The van der Waals surface area contributed by atoms with Gasteiger partial charge in [-0.2, -0.15) is 0 Å². The van der Waals surface area contributed by atoms with Crippen LogP contribution in [-0.2, 0) is 9.53 Å². The molecule has 1 saturated heterocycles. The molecule has 0 aromatic heterocycles. The van der Waals surface area contributed by atoms with Crippen molar-refractivity contribution in [3.8, 4) is 0 Å². The highest BCUT2D eigenvalue weighted by Gasteiger charge is 2.38. The van der Waals surface area contributed by atoms with Gasteiger partial charge in [-0.05, 0) is 24.7 Å². The molecule has 0 bridgehead atoms. The van der Waals surface area contributed by atoms with Gasteiger partial charge in [-0.1, -0.05) is 6.42 Å². The molecule has 3 atom stereocenters. The molecule has 2 rings (SSSR count). The number of rotatable bonds is 2. The number of halogens is 1. The Bertz CT molecular complexity index is 250. The standard InChI is InChI=1S/C11H20N2O2.ClH/c1-15-11(14)7-13-5-8-3-2-4-10(12)9(8)6-13;/h8-10H,2-7,12H2,1H3;1H. The molecule has 0 amide bonds. The van der Waals surface area contributed by atoms with Gasteiger partial charge in [0, 0.05) is 19.1 Å². The average molecular weight is 249 g/mol. The second-order valence-electron chi connectivity index (χ2n) is 4.79. The minimum absolute atomic E-state index is 0. The third-order valence-electron chi connectivity index (χ3n) is 3.81. The summed E-state index contributed by atoms with van der Waals surface area (Å²) in [6.07, 6.45) is 3.66. The lowest BCUT2D eigenvalue weighted by atomic mass is 9.78. The molecule has 2 N–H and O–H groups in total. The summed E-state index contributed by atoms with van der Waals surface area (Å²) in [6, 6.07) is 0.339. The van der Waals surface area contributed by atoms with Crippen LogP contribution in [0, 0.1) is 11.8 Å². The van der Waals surface area contributed by atoms with Crippen LogP contribution in [0.4, 0.5) is 0 Å². The molecule has 0 radical (unpaired) electrons. The number of nitrogens with two attached hydrogens (primary N) is 1. The molecule has 2 aliphatic rings. The van der Waals surface area contributed by atoms with E-state index in [2.05, 4.69) is 9.64 Å². The summed E-state index contributed by atoms with van der Waals surface area (Å²) in [5.41, 5.74) is 6.10. The highest BCUT2D eigenvalue weighted by molar-refractivity contribution is 5.85. The number of ether oxygens (including phenoxy) is 1. The van der Waals surface area contributed by atoms with Gasteiger partial charge in [-0.3, -0.25) is 9.69 Å². The van der Waals surface area contributed by atoms with Gasteiger partial charge in [-0.25, -0.2) is 0 Å². The average Bonchev–Trinajstić information content (AvgIpc) is 2.62. The molecule has 1 aliphatic carbocycles. The molecule has 2 fully saturated rings. The van der Waals surface area contributed by atoms with Gasteiger partial charge in [0.25, 0.3) is 0 Å². The van der Waals surface area contributed by atoms with Gasteiger partial charge in [0.05, 0.1) is 13.7 Å². The molecule has 16 heavy (non-hydrogen) atoms. The van der Waals surface area contributed by atoms with Crippen LogP contribution in [0.25, 0.3) is 0 Å². The van der Waals surface area contributed by atoms with E-state index >= 15 is 0 Å². The van der Waals surface area contributed by atoms with E-state index < -0.39 is 0 Å². The Labute approximate surface area is 103 Å². The second kappa shape index (κ2) is 5.84. The van der Waals surface area contributed by atoms with Crippen LogP contribution in [-0.4, -0.2) is 43.7 Å². The van der Waals surface area contributed by atoms with E-state index in [-0.39, 0.29) is 18.4 Å². The normalized spacial score (nSPS) is 34.0. The Kier molecular flexibility index (Phi) is 5.02. The van der Waals surface area contributed by atoms with E-state index in [1.54, 1.807) is 0 Å². The lowest BCUT2D eigenvalue weighted by Crippen LogP contribution is -2.38. The van der Waals surface area contributed by atoms with Crippen molar-refractivity contribution >= 4 is 18.4 Å². The van der Waals surface area contributed by atoms with E-state index in [0.29, 0.717) is 24.4 Å². The maximum atomic E-state index is 11.2. The van der Waals surface area contributed by atoms with Crippen LogP contribution >= 0.6 is 12.4 Å². The number of esters is 1. The van der Waals surface area contributed by atoms with Gasteiger partial charge in [0.15, 0.2) is 0 Å². The fourth-order valence-corrected chi connectivity index (χ4v) is 2.99. The molecular weight excluding hydrogens is 228 g/mol. The summed E-state index contributed by atoms with van der Waals surface area (Å²) in [6.45, 7) is 2.42. The van der Waals surface area contributed by atoms with Crippen molar-refractivity contribution in [1.82, 2.24) is 4.90 Å². The largest absolute Gasteiger partial charge is 0.468 e. The molecular formula is C11H21ClN2O2. The van der Waals surface area contributed by atoms with Crippen LogP contribution < -0.4 is 5.73 Å². The van der Waals surface area contributed by atoms with Gasteiger partial charge >= 0.3 is 5.97 Å².